The number of carbonyl (C=O) groups excluding carboxylic acids is 2. The molecule has 2 aromatic heterocycles. The number of likely N-dealkylation sites (tertiary alicyclic amines) is 1. The summed E-state index contributed by atoms with van der Waals surface area (Å²) < 4.78 is 2.01. The molecule has 0 saturated carbocycles. The first kappa shape index (κ1) is 22.8. The molecule has 1 N–H and O–H groups in total. The van der Waals surface area contributed by atoms with Crippen molar-refractivity contribution >= 4 is 34.9 Å². The van der Waals surface area contributed by atoms with Gasteiger partial charge in [0, 0.05) is 24.4 Å². The van der Waals surface area contributed by atoms with E-state index in [-0.39, 0.29) is 23.6 Å². The largest absolute Gasteiger partial charge is 0.347 e. The Morgan fingerprint density at radius 1 is 1.30 bits per heavy atom. The van der Waals surface area contributed by atoms with Crippen molar-refractivity contribution in [3.8, 4) is 0 Å². The van der Waals surface area contributed by atoms with Crippen LogP contribution in [-0.4, -0.2) is 43.8 Å². The Hall–Kier alpha value is -1.87. The van der Waals surface area contributed by atoms with Crippen molar-refractivity contribution in [3.63, 3.8) is 0 Å². The number of thiophene rings is 1. The van der Waals surface area contributed by atoms with Crippen molar-refractivity contribution in [3.05, 3.63) is 28.2 Å². The van der Waals surface area contributed by atoms with Crippen LogP contribution in [-0.2, 0) is 22.7 Å². The van der Waals surface area contributed by atoms with Crippen molar-refractivity contribution in [1.82, 2.24) is 25.0 Å². The molecule has 30 heavy (non-hydrogen) atoms. The molecule has 7 nitrogen and oxygen atoms in total. The highest BCUT2D eigenvalue weighted by Crippen LogP contribution is 2.26. The summed E-state index contributed by atoms with van der Waals surface area (Å²) in [6.45, 7) is 8.23. The maximum atomic E-state index is 12.6. The van der Waals surface area contributed by atoms with Gasteiger partial charge in [-0.3, -0.25) is 9.59 Å². The van der Waals surface area contributed by atoms with Gasteiger partial charge in [-0.15, -0.1) is 21.5 Å². The van der Waals surface area contributed by atoms with Gasteiger partial charge in [0.1, 0.15) is 0 Å². The summed E-state index contributed by atoms with van der Waals surface area (Å²) >= 11 is 3.06. The molecule has 3 heterocycles. The van der Waals surface area contributed by atoms with Gasteiger partial charge in [-0.05, 0) is 37.1 Å². The van der Waals surface area contributed by atoms with E-state index in [2.05, 4.69) is 35.4 Å². The third kappa shape index (κ3) is 5.85. The van der Waals surface area contributed by atoms with E-state index in [1.54, 1.807) is 11.3 Å². The topological polar surface area (TPSA) is 80.1 Å². The van der Waals surface area contributed by atoms with Crippen LogP contribution in [0.4, 0.5) is 0 Å². The average Bonchev–Trinajstić information content (AvgIpc) is 3.33. The lowest BCUT2D eigenvalue weighted by molar-refractivity contribution is -0.131. The predicted octanol–water partition coefficient (Wildman–Crippen LogP) is 3.87. The molecule has 1 unspecified atom stereocenters. The van der Waals surface area contributed by atoms with Crippen LogP contribution in [0.3, 0.4) is 0 Å². The van der Waals surface area contributed by atoms with E-state index in [1.165, 1.54) is 16.6 Å². The zero-order valence-corrected chi connectivity index (χ0v) is 19.6. The van der Waals surface area contributed by atoms with Gasteiger partial charge in [0.25, 0.3) is 0 Å². The average molecular weight is 450 g/mol. The highest BCUT2D eigenvalue weighted by Gasteiger charge is 2.22. The smallest absolute Gasteiger partial charge is 0.230 e. The lowest BCUT2D eigenvalue weighted by Crippen LogP contribution is -2.32. The lowest BCUT2D eigenvalue weighted by Gasteiger charge is -2.21. The third-order valence-corrected chi connectivity index (χ3v) is 7.20. The second-order valence-corrected chi connectivity index (χ2v) is 9.78. The Kier molecular flexibility index (Phi) is 8.32. The van der Waals surface area contributed by atoms with Crippen LogP contribution in [0, 0.1) is 5.92 Å². The number of nitrogens with zero attached hydrogens (tertiary/aromatic N) is 4. The van der Waals surface area contributed by atoms with E-state index in [0.29, 0.717) is 25.4 Å². The molecule has 3 rings (SSSR count). The molecule has 9 heteroatoms. The minimum absolute atomic E-state index is 0.0120. The van der Waals surface area contributed by atoms with Gasteiger partial charge in [0.2, 0.25) is 11.8 Å². The van der Waals surface area contributed by atoms with E-state index in [9.17, 15) is 9.59 Å². The maximum absolute atomic E-state index is 12.6. The normalized spacial score (nSPS) is 16.0. The fraction of sp³-hybridized carbons (Fsp3) is 0.619. The Morgan fingerprint density at radius 3 is 2.83 bits per heavy atom. The van der Waals surface area contributed by atoms with Gasteiger partial charge in [0.05, 0.1) is 18.3 Å². The molecular formula is C21H31N5O2S2. The molecule has 1 saturated heterocycles. The standard InChI is InChI=1S/C21H31N5O2S2/c1-4-26-17(13-25-11-7-5-6-10-19(25)28)23-24-21(26)30-14-18(27)22-20(15(2)3)16-9-8-12-29-16/h8-9,12,15,20H,4-7,10-11,13-14H2,1-3H3,(H,22,27). The molecule has 0 aliphatic carbocycles. The predicted molar refractivity (Wildman–Crippen MR) is 120 cm³/mol. The van der Waals surface area contributed by atoms with Crippen molar-refractivity contribution in [2.45, 2.75) is 70.7 Å². The molecule has 1 fully saturated rings. The summed E-state index contributed by atoms with van der Waals surface area (Å²) in [6.07, 6.45) is 3.72. The number of amides is 2. The number of hydrogen-bond acceptors (Lipinski definition) is 6. The van der Waals surface area contributed by atoms with E-state index < -0.39 is 0 Å². The van der Waals surface area contributed by atoms with Crippen molar-refractivity contribution in [2.75, 3.05) is 12.3 Å². The summed E-state index contributed by atoms with van der Waals surface area (Å²) in [5.74, 6) is 1.57. The Bertz CT molecular complexity index is 835. The molecule has 0 spiro atoms. The number of thioether (sulfide) groups is 1. The van der Waals surface area contributed by atoms with Crippen LogP contribution >= 0.6 is 23.1 Å². The second kappa shape index (κ2) is 10.9. The van der Waals surface area contributed by atoms with Crippen LogP contribution in [0.25, 0.3) is 0 Å². The zero-order chi connectivity index (χ0) is 21.5. The molecular weight excluding hydrogens is 418 g/mol. The first-order valence-corrected chi connectivity index (χ1v) is 12.5. The van der Waals surface area contributed by atoms with Crippen LogP contribution in [0.15, 0.2) is 22.7 Å². The maximum Gasteiger partial charge on any atom is 0.230 e. The molecule has 164 valence electrons. The number of rotatable bonds is 9. The number of hydrogen-bond donors (Lipinski definition) is 1. The van der Waals surface area contributed by atoms with Gasteiger partial charge in [-0.2, -0.15) is 0 Å². The molecule has 1 atom stereocenters. The quantitative estimate of drug-likeness (QED) is 0.588. The first-order chi connectivity index (χ1) is 14.5. The van der Waals surface area contributed by atoms with Gasteiger partial charge in [0.15, 0.2) is 11.0 Å². The lowest BCUT2D eigenvalue weighted by atomic mass is 10.0. The van der Waals surface area contributed by atoms with Gasteiger partial charge in [-0.1, -0.05) is 38.1 Å². The highest BCUT2D eigenvalue weighted by molar-refractivity contribution is 7.99. The summed E-state index contributed by atoms with van der Waals surface area (Å²) in [6, 6.07) is 4.09. The molecule has 2 aromatic rings. The number of carbonyl (C=O) groups is 2. The molecule has 0 bridgehead atoms. The fourth-order valence-electron chi connectivity index (χ4n) is 3.62. The van der Waals surface area contributed by atoms with Crippen LogP contribution in [0.2, 0.25) is 0 Å². The second-order valence-electron chi connectivity index (χ2n) is 7.86. The van der Waals surface area contributed by atoms with Crippen LogP contribution < -0.4 is 5.32 Å². The summed E-state index contributed by atoms with van der Waals surface area (Å²) in [7, 11) is 0. The zero-order valence-electron chi connectivity index (χ0n) is 18.0. The van der Waals surface area contributed by atoms with Crippen molar-refractivity contribution in [1.29, 1.82) is 0 Å². The molecule has 2 amide bonds. The minimum Gasteiger partial charge on any atom is -0.347 e. The van der Waals surface area contributed by atoms with Gasteiger partial charge < -0.3 is 14.8 Å². The van der Waals surface area contributed by atoms with E-state index in [4.69, 9.17) is 0 Å². The number of aromatic nitrogens is 3. The Balaban J connectivity index is 1.60. The Labute approximate surface area is 186 Å². The van der Waals surface area contributed by atoms with E-state index in [0.717, 1.165) is 36.8 Å². The Morgan fingerprint density at radius 2 is 2.13 bits per heavy atom. The molecule has 0 radical (unpaired) electrons. The highest BCUT2D eigenvalue weighted by atomic mass is 32.2. The van der Waals surface area contributed by atoms with E-state index >= 15 is 0 Å². The summed E-state index contributed by atoms with van der Waals surface area (Å²) in [5.41, 5.74) is 0. The summed E-state index contributed by atoms with van der Waals surface area (Å²) in [4.78, 5) is 28.0. The summed E-state index contributed by atoms with van der Waals surface area (Å²) in [5, 5.41) is 14.5. The minimum atomic E-state index is -0.0120. The molecule has 1 aliphatic heterocycles. The van der Waals surface area contributed by atoms with Crippen LogP contribution in [0.5, 0.6) is 0 Å². The third-order valence-electron chi connectivity index (χ3n) is 5.28. The molecule has 0 aromatic carbocycles. The molecule has 1 aliphatic rings. The van der Waals surface area contributed by atoms with Crippen LogP contribution in [0.1, 0.15) is 63.2 Å². The number of nitrogens with one attached hydrogen (secondary N) is 1. The van der Waals surface area contributed by atoms with E-state index in [1.807, 2.05) is 27.8 Å². The fourth-order valence-corrected chi connectivity index (χ4v) is 5.40. The van der Waals surface area contributed by atoms with Gasteiger partial charge in [-0.25, -0.2) is 0 Å². The van der Waals surface area contributed by atoms with Crippen molar-refractivity contribution in [2.24, 2.45) is 5.92 Å². The SMILES string of the molecule is CCn1c(CN2CCCCCC2=O)nnc1SCC(=O)NC(c1cccs1)C(C)C. The first-order valence-electron chi connectivity index (χ1n) is 10.6. The van der Waals surface area contributed by atoms with Gasteiger partial charge >= 0.3 is 0 Å². The monoisotopic (exact) mass is 449 g/mol. The van der Waals surface area contributed by atoms with Crippen molar-refractivity contribution < 1.29 is 9.59 Å².